The highest BCUT2D eigenvalue weighted by Gasteiger charge is 2.20. The van der Waals surface area contributed by atoms with Gasteiger partial charge in [-0.25, -0.2) is 0 Å². The van der Waals surface area contributed by atoms with Gasteiger partial charge in [-0.1, -0.05) is 32.0 Å². The lowest BCUT2D eigenvalue weighted by atomic mass is 10.1. The maximum atomic E-state index is 13.4. The van der Waals surface area contributed by atoms with Crippen molar-refractivity contribution in [2.45, 2.75) is 20.8 Å². The van der Waals surface area contributed by atoms with Crippen LogP contribution in [0.15, 0.2) is 78.9 Å². The van der Waals surface area contributed by atoms with E-state index < -0.39 is 0 Å². The molecule has 32 heavy (non-hydrogen) atoms. The molecule has 0 saturated carbocycles. The zero-order valence-electron chi connectivity index (χ0n) is 19.2. The number of amides is 1. The minimum Gasteiger partial charge on any atom is -0.494 e. The van der Waals surface area contributed by atoms with E-state index in [4.69, 9.17) is 9.47 Å². The van der Waals surface area contributed by atoms with Gasteiger partial charge in [-0.2, -0.15) is 0 Å². The van der Waals surface area contributed by atoms with Gasteiger partial charge in [0, 0.05) is 23.5 Å². The van der Waals surface area contributed by atoms with Gasteiger partial charge in [-0.3, -0.25) is 9.69 Å². The molecule has 0 saturated heterocycles. The molecular formula is C27H32N2O3. The van der Waals surface area contributed by atoms with E-state index >= 15 is 0 Å². The van der Waals surface area contributed by atoms with Crippen molar-refractivity contribution < 1.29 is 14.3 Å². The molecule has 0 heterocycles. The Morgan fingerprint density at radius 2 is 1.25 bits per heavy atom. The quantitative estimate of drug-likeness (QED) is 0.385. The molecular weight excluding hydrogens is 400 g/mol. The molecule has 0 unspecified atom stereocenters. The second-order valence-corrected chi connectivity index (χ2v) is 7.30. The van der Waals surface area contributed by atoms with Crippen LogP contribution in [-0.4, -0.2) is 43.7 Å². The first kappa shape index (κ1) is 23.4. The van der Waals surface area contributed by atoms with E-state index in [0.717, 1.165) is 42.5 Å². The average molecular weight is 433 g/mol. The van der Waals surface area contributed by atoms with Crippen LogP contribution in [0, 0.1) is 0 Å². The minimum absolute atomic E-state index is 0.0926. The van der Waals surface area contributed by atoms with E-state index in [1.54, 1.807) is 4.90 Å². The highest BCUT2D eigenvalue weighted by molar-refractivity contribution is 6.10. The minimum atomic E-state index is -0.0926. The number of anilines is 2. The number of hydrogen-bond acceptors (Lipinski definition) is 4. The Hall–Kier alpha value is -3.31. The van der Waals surface area contributed by atoms with Gasteiger partial charge in [0.05, 0.1) is 6.61 Å². The first-order valence-electron chi connectivity index (χ1n) is 11.2. The van der Waals surface area contributed by atoms with Crippen molar-refractivity contribution in [3.05, 3.63) is 84.4 Å². The molecule has 0 spiro atoms. The fourth-order valence-electron chi connectivity index (χ4n) is 3.48. The second kappa shape index (κ2) is 11.9. The van der Waals surface area contributed by atoms with E-state index in [2.05, 4.69) is 18.7 Å². The van der Waals surface area contributed by atoms with Crippen LogP contribution in [0.2, 0.25) is 0 Å². The summed E-state index contributed by atoms with van der Waals surface area (Å²) in [6.07, 6.45) is 0. The molecule has 0 aromatic heterocycles. The summed E-state index contributed by atoms with van der Waals surface area (Å²) in [5.41, 5.74) is 2.18. The summed E-state index contributed by atoms with van der Waals surface area (Å²) >= 11 is 0. The van der Waals surface area contributed by atoms with Crippen molar-refractivity contribution in [3.63, 3.8) is 0 Å². The molecule has 0 N–H and O–H groups in total. The van der Waals surface area contributed by atoms with Crippen molar-refractivity contribution in [2.75, 3.05) is 37.7 Å². The number of ether oxygens (including phenoxy) is 2. The van der Waals surface area contributed by atoms with Gasteiger partial charge in [0.2, 0.25) is 0 Å². The summed E-state index contributed by atoms with van der Waals surface area (Å²) < 4.78 is 11.5. The van der Waals surface area contributed by atoms with Crippen LogP contribution in [0.1, 0.15) is 31.1 Å². The van der Waals surface area contributed by atoms with Gasteiger partial charge in [0.25, 0.3) is 5.91 Å². The van der Waals surface area contributed by atoms with Crippen molar-refractivity contribution in [3.8, 4) is 11.5 Å². The Balaban J connectivity index is 1.82. The first-order valence-corrected chi connectivity index (χ1v) is 11.2. The lowest BCUT2D eigenvalue weighted by molar-refractivity contribution is 0.0999. The molecule has 0 radical (unpaired) electrons. The molecule has 0 bridgehead atoms. The standard InChI is InChI=1S/C27H32N2O3/c1-4-28(5-2)20-21-32-26-18-14-24(15-19-26)29(27(30)22-10-8-7-9-11-22)23-12-16-25(17-13-23)31-6-3/h7-19H,4-6,20-21H2,1-3H3. The predicted octanol–water partition coefficient (Wildman–Crippen LogP) is 5.78. The Morgan fingerprint density at radius 1 is 0.719 bits per heavy atom. The monoisotopic (exact) mass is 432 g/mol. The number of likely N-dealkylation sites (N-methyl/N-ethyl adjacent to an activating group) is 1. The number of hydrogen-bond donors (Lipinski definition) is 0. The fraction of sp³-hybridized carbons (Fsp3) is 0.296. The smallest absolute Gasteiger partial charge is 0.262 e. The molecule has 5 heteroatoms. The van der Waals surface area contributed by atoms with Crippen LogP contribution in [0.25, 0.3) is 0 Å². The molecule has 0 aliphatic rings. The van der Waals surface area contributed by atoms with Gasteiger partial charge in [-0.05, 0) is 80.7 Å². The Labute approximate surface area is 191 Å². The molecule has 1 amide bonds. The van der Waals surface area contributed by atoms with Crippen molar-refractivity contribution in [1.82, 2.24) is 4.90 Å². The third-order valence-electron chi connectivity index (χ3n) is 5.30. The predicted molar refractivity (Wildman–Crippen MR) is 130 cm³/mol. The molecule has 5 nitrogen and oxygen atoms in total. The summed E-state index contributed by atoms with van der Waals surface area (Å²) in [5.74, 6) is 1.48. The van der Waals surface area contributed by atoms with Crippen LogP contribution < -0.4 is 14.4 Å². The Kier molecular flexibility index (Phi) is 8.70. The lowest BCUT2D eigenvalue weighted by Crippen LogP contribution is -2.28. The molecule has 0 atom stereocenters. The van der Waals surface area contributed by atoms with E-state index in [9.17, 15) is 4.79 Å². The van der Waals surface area contributed by atoms with Crippen LogP contribution in [0.5, 0.6) is 11.5 Å². The molecule has 0 aliphatic heterocycles. The maximum Gasteiger partial charge on any atom is 0.262 e. The molecule has 3 rings (SSSR count). The van der Waals surface area contributed by atoms with Gasteiger partial charge >= 0.3 is 0 Å². The third-order valence-corrected chi connectivity index (χ3v) is 5.30. The van der Waals surface area contributed by atoms with E-state index in [-0.39, 0.29) is 5.91 Å². The molecule has 168 valence electrons. The zero-order valence-corrected chi connectivity index (χ0v) is 19.2. The number of carbonyl (C=O) groups is 1. The summed E-state index contributed by atoms with van der Waals surface area (Å²) in [6.45, 7) is 10.4. The second-order valence-electron chi connectivity index (χ2n) is 7.30. The van der Waals surface area contributed by atoms with E-state index in [1.807, 2.05) is 85.8 Å². The van der Waals surface area contributed by atoms with Crippen LogP contribution in [0.4, 0.5) is 11.4 Å². The van der Waals surface area contributed by atoms with Crippen molar-refractivity contribution in [2.24, 2.45) is 0 Å². The molecule has 0 fully saturated rings. The third kappa shape index (κ3) is 6.11. The highest BCUT2D eigenvalue weighted by atomic mass is 16.5. The highest BCUT2D eigenvalue weighted by Crippen LogP contribution is 2.30. The molecule has 3 aromatic rings. The molecule has 0 aliphatic carbocycles. The SMILES string of the molecule is CCOc1ccc(N(C(=O)c2ccccc2)c2ccc(OCCN(CC)CC)cc2)cc1. The van der Waals surface area contributed by atoms with Crippen LogP contribution >= 0.6 is 0 Å². The van der Waals surface area contributed by atoms with Gasteiger partial charge < -0.3 is 14.4 Å². The Morgan fingerprint density at radius 3 is 1.75 bits per heavy atom. The van der Waals surface area contributed by atoms with Gasteiger partial charge in [0.15, 0.2) is 0 Å². The topological polar surface area (TPSA) is 42.0 Å². The van der Waals surface area contributed by atoms with Crippen LogP contribution in [0.3, 0.4) is 0 Å². The summed E-state index contributed by atoms with van der Waals surface area (Å²) in [7, 11) is 0. The summed E-state index contributed by atoms with van der Waals surface area (Å²) in [5, 5.41) is 0. The normalized spacial score (nSPS) is 10.8. The van der Waals surface area contributed by atoms with Gasteiger partial charge in [-0.15, -0.1) is 0 Å². The van der Waals surface area contributed by atoms with E-state index in [1.165, 1.54) is 0 Å². The molecule has 3 aromatic carbocycles. The number of rotatable bonds is 11. The van der Waals surface area contributed by atoms with Crippen molar-refractivity contribution >= 4 is 17.3 Å². The summed E-state index contributed by atoms with van der Waals surface area (Å²) in [4.78, 5) is 17.4. The number of nitrogens with zero attached hydrogens (tertiary/aromatic N) is 2. The number of benzene rings is 3. The largest absolute Gasteiger partial charge is 0.494 e. The first-order chi connectivity index (χ1) is 15.7. The van der Waals surface area contributed by atoms with Crippen molar-refractivity contribution in [1.29, 1.82) is 0 Å². The van der Waals surface area contributed by atoms with Crippen LogP contribution in [-0.2, 0) is 0 Å². The Bertz CT molecular complexity index is 952. The van der Waals surface area contributed by atoms with E-state index in [0.29, 0.717) is 18.8 Å². The maximum absolute atomic E-state index is 13.4. The number of carbonyl (C=O) groups excluding carboxylic acids is 1. The van der Waals surface area contributed by atoms with Gasteiger partial charge in [0.1, 0.15) is 18.1 Å². The zero-order chi connectivity index (χ0) is 22.8. The average Bonchev–Trinajstić information content (AvgIpc) is 2.84. The lowest BCUT2D eigenvalue weighted by Gasteiger charge is -2.24. The summed E-state index contributed by atoms with van der Waals surface area (Å²) in [6, 6.07) is 24.5. The fourth-order valence-corrected chi connectivity index (χ4v) is 3.48.